The molecule has 1 aliphatic rings. The number of piperidine rings is 1. The molecule has 0 aliphatic carbocycles. The molecule has 31 heavy (non-hydrogen) atoms. The first-order chi connectivity index (χ1) is 15.0. The summed E-state index contributed by atoms with van der Waals surface area (Å²) in [5.74, 6) is 0.0367. The molecule has 1 atom stereocenters. The Labute approximate surface area is 185 Å². The normalized spacial score (nSPS) is 16.0. The van der Waals surface area contributed by atoms with Crippen molar-refractivity contribution in [3.8, 4) is 11.3 Å². The molecule has 2 aromatic carbocycles. The molecule has 1 saturated heterocycles. The molecule has 1 unspecified atom stereocenters. The number of benzene rings is 2. The molecule has 8 heteroatoms. The predicted molar refractivity (Wildman–Crippen MR) is 121 cm³/mol. The summed E-state index contributed by atoms with van der Waals surface area (Å²) in [5.41, 5.74) is 8.01. The summed E-state index contributed by atoms with van der Waals surface area (Å²) >= 11 is 5.94. The van der Waals surface area contributed by atoms with Gasteiger partial charge in [-0.05, 0) is 61.4 Å². The first-order valence-corrected chi connectivity index (χ1v) is 10.4. The van der Waals surface area contributed by atoms with Crippen molar-refractivity contribution >= 4 is 34.9 Å². The van der Waals surface area contributed by atoms with Gasteiger partial charge in [0.05, 0.1) is 11.6 Å². The number of aromatic nitrogens is 2. The van der Waals surface area contributed by atoms with Crippen LogP contribution < -0.4 is 16.0 Å². The van der Waals surface area contributed by atoms with Crippen LogP contribution in [0.15, 0.2) is 60.7 Å². The Morgan fingerprint density at radius 3 is 2.39 bits per heavy atom. The molecule has 1 aromatic heterocycles. The molecule has 0 bridgehead atoms. The van der Waals surface area contributed by atoms with Gasteiger partial charge in [-0.25, -0.2) is 0 Å². The maximum Gasteiger partial charge on any atom is 0.248 e. The highest BCUT2D eigenvalue weighted by Gasteiger charge is 2.27. The number of hydrogen-bond acceptors (Lipinski definition) is 5. The molecular weight excluding hydrogens is 414 g/mol. The van der Waals surface area contributed by atoms with E-state index in [2.05, 4.69) is 20.4 Å². The number of carbonyl (C=O) groups excluding carboxylic acids is 2. The summed E-state index contributed by atoms with van der Waals surface area (Å²) in [5, 5.41) is 12.3. The Hall–Kier alpha value is -3.45. The van der Waals surface area contributed by atoms with Crippen molar-refractivity contribution < 1.29 is 9.59 Å². The fraction of sp³-hybridized carbons (Fsp3) is 0.217. The highest BCUT2D eigenvalue weighted by atomic mass is 35.5. The number of halogens is 1. The third-order valence-electron chi connectivity index (χ3n) is 5.34. The van der Waals surface area contributed by atoms with Crippen LogP contribution in [-0.4, -0.2) is 35.1 Å². The molecule has 158 valence electrons. The lowest BCUT2D eigenvalue weighted by molar-refractivity contribution is -0.120. The average Bonchev–Trinajstić information content (AvgIpc) is 2.80. The SMILES string of the molecule is NC(=O)c1ccc(NC(=O)C2CCCN(c3ccc(-c4ccc(Cl)cc4)nn3)C2)cc1. The highest BCUT2D eigenvalue weighted by Crippen LogP contribution is 2.25. The first-order valence-electron chi connectivity index (χ1n) is 10.0. The van der Waals surface area contributed by atoms with Crippen molar-refractivity contribution in [1.29, 1.82) is 0 Å². The Bertz CT molecular complexity index is 1070. The van der Waals surface area contributed by atoms with Crippen molar-refractivity contribution in [3.63, 3.8) is 0 Å². The molecule has 2 heterocycles. The van der Waals surface area contributed by atoms with Crippen LogP contribution in [0.2, 0.25) is 5.02 Å². The number of hydrogen-bond donors (Lipinski definition) is 2. The lowest BCUT2D eigenvalue weighted by Crippen LogP contribution is -2.41. The maximum atomic E-state index is 12.8. The topological polar surface area (TPSA) is 101 Å². The fourth-order valence-electron chi connectivity index (χ4n) is 3.63. The summed E-state index contributed by atoms with van der Waals surface area (Å²) in [4.78, 5) is 26.0. The zero-order valence-electron chi connectivity index (χ0n) is 16.8. The van der Waals surface area contributed by atoms with Crippen LogP contribution >= 0.6 is 11.6 Å². The van der Waals surface area contributed by atoms with Gasteiger partial charge in [-0.2, -0.15) is 0 Å². The number of amides is 2. The standard InChI is InChI=1S/C23H22ClN5O2/c24-18-7-3-15(4-8-18)20-11-12-21(28-27-20)29-13-1-2-17(14-29)23(31)26-19-9-5-16(6-10-19)22(25)30/h3-12,17H,1-2,13-14H2,(H2,25,30)(H,26,31). The van der Waals surface area contributed by atoms with Gasteiger partial charge in [-0.3, -0.25) is 9.59 Å². The zero-order valence-corrected chi connectivity index (χ0v) is 17.5. The van der Waals surface area contributed by atoms with Gasteiger partial charge in [-0.1, -0.05) is 23.7 Å². The Morgan fingerprint density at radius 1 is 1.00 bits per heavy atom. The summed E-state index contributed by atoms with van der Waals surface area (Å²) in [6.45, 7) is 1.40. The molecule has 7 nitrogen and oxygen atoms in total. The van der Waals surface area contributed by atoms with E-state index in [1.54, 1.807) is 24.3 Å². The van der Waals surface area contributed by atoms with Gasteiger partial charge in [0.15, 0.2) is 5.82 Å². The molecular formula is C23H22ClN5O2. The van der Waals surface area contributed by atoms with E-state index < -0.39 is 5.91 Å². The van der Waals surface area contributed by atoms with Crippen LogP contribution in [0, 0.1) is 5.92 Å². The third kappa shape index (κ3) is 5.00. The smallest absolute Gasteiger partial charge is 0.248 e. The number of nitrogens with two attached hydrogens (primary N) is 1. The number of nitrogens with one attached hydrogen (secondary N) is 1. The van der Waals surface area contributed by atoms with E-state index in [1.165, 1.54) is 0 Å². The first kappa shape index (κ1) is 20.8. The molecule has 2 amide bonds. The van der Waals surface area contributed by atoms with E-state index in [0.717, 1.165) is 36.5 Å². The highest BCUT2D eigenvalue weighted by molar-refractivity contribution is 6.30. The van der Waals surface area contributed by atoms with Crippen molar-refractivity contribution in [2.75, 3.05) is 23.3 Å². The van der Waals surface area contributed by atoms with Gasteiger partial charge < -0.3 is 16.0 Å². The third-order valence-corrected chi connectivity index (χ3v) is 5.60. The van der Waals surface area contributed by atoms with Crippen LogP contribution in [0.1, 0.15) is 23.2 Å². The minimum absolute atomic E-state index is 0.0535. The number of carbonyl (C=O) groups is 2. The van der Waals surface area contributed by atoms with E-state index in [1.807, 2.05) is 36.4 Å². The summed E-state index contributed by atoms with van der Waals surface area (Å²) in [6, 6.07) is 17.9. The van der Waals surface area contributed by atoms with Gasteiger partial charge in [0.25, 0.3) is 0 Å². The van der Waals surface area contributed by atoms with Crippen LogP contribution in [-0.2, 0) is 4.79 Å². The molecule has 0 spiro atoms. The second kappa shape index (κ2) is 9.14. The summed E-state index contributed by atoms with van der Waals surface area (Å²) < 4.78 is 0. The van der Waals surface area contributed by atoms with Crippen LogP contribution in [0.5, 0.6) is 0 Å². The van der Waals surface area contributed by atoms with E-state index >= 15 is 0 Å². The van der Waals surface area contributed by atoms with E-state index in [4.69, 9.17) is 17.3 Å². The van der Waals surface area contributed by atoms with Crippen LogP contribution in [0.3, 0.4) is 0 Å². The predicted octanol–water partition coefficient (Wildman–Crippen LogP) is 3.75. The molecule has 4 rings (SSSR count). The molecule has 1 fully saturated rings. The van der Waals surface area contributed by atoms with Gasteiger partial charge in [0, 0.05) is 34.9 Å². The monoisotopic (exact) mass is 435 g/mol. The number of rotatable bonds is 5. The van der Waals surface area contributed by atoms with Gasteiger partial charge in [0.2, 0.25) is 11.8 Å². The fourth-order valence-corrected chi connectivity index (χ4v) is 3.76. The van der Waals surface area contributed by atoms with Gasteiger partial charge >= 0.3 is 0 Å². The molecule has 0 radical (unpaired) electrons. The molecule has 1 aliphatic heterocycles. The van der Waals surface area contributed by atoms with E-state index in [0.29, 0.717) is 22.8 Å². The second-order valence-electron chi connectivity index (χ2n) is 7.50. The molecule has 3 aromatic rings. The second-order valence-corrected chi connectivity index (χ2v) is 7.94. The lowest BCUT2D eigenvalue weighted by atomic mass is 9.97. The number of primary amides is 1. The van der Waals surface area contributed by atoms with E-state index in [-0.39, 0.29) is 11.8 Å². The van der Waals surface area contributed by atoms with Crippen LogP contribution in [0.25, 0.3) is 11.3 Å². The minimum Gasteiger partial charge on any atom is -0.366 e. The maximum absolute atomic E-state index is 12.8. The van der Waals surface area contributed by atoms with Gasteiger partial charge in [0.1, 0.15) is 0 Å². The van der Waals surface area contributed by atoms with E-state index in [9.17, 15) is 9.59 Å². The van der Waals surface area contributed by atoms with Crippen molar-refractivity contribution in [1.82, 2.24) is 10.2 Å². The van der Waals surface area contributed by atoms with Crippen LogP contribution in [0.4, 0.5) is 11.5 Å². The van der Waals surface area contributed by atoms with Crippen molar-refractivity contribution in [2.45, 2.75) is 12.8 Å². The Balaban J connectivity index is 1.40. The number of anilines is 2. The number of nitrogens with zero attached hydrogens (tertiary/aromatic N) is 3. The van der Waals surface area contributed by atoms with Crippen molar-refractivity contribution in [2.24, 2.45) is 11.7 Å². The molecule has 0 saturated carbocycles. The molecule has 3 N–H and O–H groups in total. The Kier molecular flexibility index (Phi) is 6.13. The lowest BCUT2D eigenvalue weighted by Gasteiger charge is -2.32. The average molecular weight is 436 g/mol. The van der Waals surface area contributed by atoms with Gasteiger partial charge in [-0.15, -0.1) is 10.2 Å². The van der Waals surface area contributed by atoms with Crippen molar-refractivity contribution in [3.05, 3.63) is 71.2 Å². The largest absolute Gasteiger partial charge is 0.366 e. The Morgan fingerprint density at radius 2 is 1.74 bits per heavy atom. The summed E-state index contributed by atoms with van der Waals surface area (Å²) in [7, 11) is 0. The zero-order chi connectivity index (χ0) is 21.8. The summed E-state index contributed by atoms with van der Waals surface area (Å²) in [6.07, 6.45) is 1.69. The minimum atomic E-state index is -0.496. The quantitative estimate of drug-likeness (QED) is 0.635.